The van der Waals surface area contributed by atoms with Gasteiger partial charge in [-0.15, -0.1) is 0 Å². The largest absolute Gasteiger partial charge is 0.399 e. The molecule has 0 spiro atoms. The van der Waals surface area contributed by atoms with E-state index >= 15 is 0 Å². The highest BCUT2D eigenvalue weighted by Gasteiger charge is 2.26. The van der Waals surface area contributed by atoms with Gasteiger partial charge in [-0.1, -0.05) is 18.2 Å². The van der Waals surface area contributed by atoms with Crippen LogP contribution in [0.15, 0.2) is 24.3 Å². The van der Waals surface area contributed by atoms with Gasteiger partial charge in [-0.05, 0) is 31.9 Å². The van der Waals surface area contributed by atoms with E-state index in [-0.39, 0.29) is 18.1 Å². The summed E-state index contributed by atoms with van der Waals surface area (Å²) in [5, 5.41) is 9.50. The van der Waals surface area contributed by atoms with Crippen LogP contribution in [0, 0.1) is 0 Å². The number of aryl methyl sites for hydroxylation is 1. The number of aliphatic hydroxyl groups excluding tert-OH is 1. The maximum Gasteiger partial charge on any atom is 0.222 e. The zero-order valence-corrected chi connectivity index (χ0v) is 13.5. The molecule has 1 saturated heterocycles. The molecule has 2 rings (SSSR count). The Morgan fingerprint density at radius 3 is 2.77 bits per heavy atom. The molecule has 1 fully saturated rings. The first kappa shape index (κ1) is 16.8. The summed E-state index contributed by atoms with van der Waals surface area (Å²) in [7, 11) is 0. The van der Waals surface area contributed by atoms with E-state index in [2.05, 4.69) is 11.8 Å². The molecule has 2 atom stereocenters. The molecule has 5 nitrogen and oxygen atoms in total. The molecule has 1 aromatic carbocycles. The minimum Gasteiger partial charge on any atom is -0.399 e. The second-order valence-corrected chi connectivity index (χ2v) is 6.23. The van der Waals surface area contributed by atoms with E-state index in [0.29, 0.717) is 19.4 Å². The molecule has 0 radical (unpaired) electrons. The smallest absolute Gasteiger partial charge is 0.222 e. The molecule has 122 valence electrons. The number of rotatable bonds is 5. The second kappa shape index (κ2) is 7.61. The van der Waals surface area contributed by atoms with Crippen molar-refractivity contribution in [3.63, 3.8) is 0 Å². The van der Waals surface area contributed by atoms with Gasteiger partial charge < -0.3 is 15.7 Å². The topological polar surface area (TPSA) is 69.8 Å². The summed E-state index contributed by atoms with van der Waals surface area (Å²) >= 11 is 0. The number of nitrogen functional groups attached to an aromatic ring is 1. The number of piperazine rings is 1. The zero-order chi connectivity index (χ0) is 16.1. The Morgan fingerprint density at radius 1 is 1.41 bits per heavy atom. The van der Waals surface area contributed by atoms with Crippen LogP contribution in [0.1, 0.15) is 25.8 Å². The maximum atomic E-state index is 12.4. The predicted molar refractivity (Wildman–Crippen MR) is 88.5 cm³/mol. The number of para-hydroxylation sites is 1. The summed E-state index contributed by atoms with van der Waals surface area (Å²) in [5.41, 5.74) is 7.71. The van der Waals surface area contributed by atoms with E-state index in [9.17, 15) is 9.90 Å². The maximum absolute atomic E-state index is 12.4. The first-order valence-corrected chi connectivity index (χ1v) is 8.00. The van der Waals surface area contributed by atoms with Crippen molar-refractivity contribution in [2.75, 3.05) is 31.9 Å². The Labute approximate surface area is 132 Å². The van der Waals surface area contributed by atoms with Crippen LogP contribution in [0.4, 0.5) is 5.69 Å². The van der Waals surface area contributed by atoms with Crippen molar-refractivity contribution < 1.29 is 9.90 Å². The molecule has 1 aromatic rings. The summed E-state index contributed by atoms with van der Waals surface area (Å²) in [6.45, 7) is 6.87. The molecule has 1 aliphatic heterocycles. The third kappa shape index (κ3) is 4.45. The first-order valence-electron chi connectivity index (χ1n) is 8.00. The van der Waals surface area contributed by atoms with Crippen molar-refractivity contribution >= 4 is 11.6 Å². The van der Waals surface area contributed by atoms with E-state index in [1.807, 2.05) is 29.2 Å². The molecule has 0 aliphatic carbocycles. The molecule has 1 aliphatic rings. The minimum absolute atomic E-state index is 0.187. The lowest BCUT2D eigenvalue weighted by molar-refractivity contribution is -0.134. The number of aliphatic hydroxyl groups is 1. The summed E-state index contributed by atoms with van der Waals surface area (Å²) in [6, 6.07) is 7.99. The fourth-order valence-corrected chi connectivity index (χ4v) is 2.99. The third-order valence-electron chi connectivity index (χ3n) is 4.28. The number of anilines is 1. The Balaban J connectivity index is 1.83. The van der Waals surface area contributed by atoms with Gasteiger partial charge in [0.15, 0.2) is 0 Å². The number of hydrogen-bond acceptors (Lipinski definition) is 4. The monoisotopic (exact) mass is 305 g/mol. The van der Waals surface area contributed by atoms with Gasteiger partial charge in [0.05, 0.1) is 6.10 Å². The molecule has 1 amide bonds. The second-order valence-electron chi connectivity index (χ2n) is 6.23. The standard InChI is InChI=1S/C17H27N3O2/c1-13-11-20(10-9-19(13)12-14(2)21)17(22)8-7-15-5-3-4-6-16(15)18/h3-6,13-14,21H,7-12,18H2,1-2H3. The van der Waals surface area contributed by atoms with Gasteiger partial charge in [0.25, 0.3) is 0 Å². The van der Waals surface area contributed by atoms with Crippen molar-refractivity contribution in [2.45, 2.75) is 38.8 Å². The van der Waals surface area contributed by atoms with Crippen LogP contribution in [0.25, 0.3) is 0 Å². The lowest BCUT2D eigenvalue weighted by Crippen LogP contribution is -2.54. The van der Waals surface area contributed by atoms with E-state index in [1.165, 1.54) is 0 Å². The molecule has 5 heteroatoms. The lowest BCUT2D eigenvalue weighted by atomic mass is 10.1. The van der Waals surface area contributed by atoms with Crippen LogP contribution in [-0.2, 0) is 11.2 Å². The van der Waals surface area contributed by atoms with Gasteiger partial charge in [0.2, 0.25) is 5.91 Å². The molecular formula is C17H27N3O2. The average Bonchev–Trinajstić information content (AvgIpc) is 2.48. The van der Waals surface area contributed by atoms with Crippen LogP contribution in [-0.4, -0.2) is 59.1 Å². The van der Waals surface area contributed by atoms with Crippen molar-refractivity contribution in [3.05, 3.63) is 29.8 Å². The summed E-state index contributed by atoms with van der Waals surface area (Å²) in [5.74, 6) is 0.187. The predicted octanol–water partition coefficient (Wildman–Crippen LogP) is 1.11. The molecule has 22 heavy (non-hydrogen) atoms. The summed E-state index contributed by atoms with van der Waals surface area (Å²) in [4.78, 5) is 16.5. The van der Waals surface area contributed by atoms with Gasteiger partial charge in [0.1, 0.15) is 0 Å². The number of amides is 1. The number of carbonyl (C=O) groups excluding carboxylic acids is 1. The molecule has 1 heterocycles. The van der Waals surface area contributed by atoms with Crippen molar-refractivity contribution in [2.24, 2.45) is 0 Å². The summed E-state index contributed by atoms with van der Waals surface area (Å²) < 4.78 is 0. The average molecular weight is 305 g/mol. The Bertz CT molecular complexity index is 504. The fourth-order valence-electron chi connectivity index (χ4n) is 2.99. The number of β-amino-alcohol motifs (C(OH)–C–C–N with tert-alkyl or cyclic N) is 1. The van der Waals surface area contributed by atoms with Crippen LogP contribution >= 0.6 is 0 Å². The molecule has 0 aromatic heterocycles. The van der Waals surface area contributed by atoms with E-state index < -0.39 is 0 Å². The van der Waals surface area contributed by atoms with E-state index in [1.54, 1.807) is 6.92 Å². The molecule has 3 N–H and O–H groups in total. The minimum atomic E-state index is -0.328. The highest BCUT2D eigenvalue weighted by molar-refractivity contribution is 5.77. The number of hydrogen-bond donors (Lipinski definition) is 2. The quantitative estimate of drug-likeness (QED) is 0.800. The normalized spacial score (nSPS) is 20.9. The van der Waals surface area contributed by atoms with Gasteiger partial charge in [-0.3, -0.25) is 9.69 Å². The number of nitrogens with two attached hydrogens (primary N) is 1. The summed E-state index contributed by atoms with van der Waals surface area (Å²) in [6.07, 6.45) is 0.858. The Kier molecular flexibility index (Phi) is 5.80. The molecule has 2 unspecified atom stereocenters. The van der Waals surface area contributed by atoms with E-state index in [0.717, 1.165) is 30.9 Å². The van der Waals surface area contributed by atoms with E-state index in [4.69, 9.17) is 5.73 Å². The SMILES string of the molecule is CC(O)CN1CCN(C(=O)CCc2ccccc2N)CC1C. The fraction of sp³-hybridized carbons (Fsp3) is 0.588. The van der Waals surface area contributed by atoms with Crippen LogP contribution in [0.3, 0.4) is 0 Å². The van der Waals surface area contributed by atoms with Crippen LogP contribution < -0.4 is 5.73 Å². The molecule has 0 saturated carbocycles. The third-order valence-corrected chi connectivity index (χ3v) is 4.28. The number of carbonyl (C=O) groups is 1. The molecular weight excluding hydrogens is 278 g/mol. The molecule has 0 bridgehead atoms. The van der Waals surface area contributed by atoms with Crippen molar-refractivity contribution in [1.82, 2.24) is 9.80 Å². The lowest BCUT2D eigenvalue weighted by Gasteiger charge is -2.40. The van der Waals surface area contributed by atoms with Crippen molar-refractivity contribution in [1.29, 1.82) is 0 Å². The zero-order valence-electron chi connectivity index (χ0n) is 13.5. The van der Waals surface area contributed by atoms with Gasteiger partial charge in [-0.25, -0.2) is 0 Å². The number of benzene rings is 1. The van der Waals surface area contributed by atoms with Gasteiger partial charge in [0, 0.05) is 44.3 Å². The van der Waals surface area contributed by atoms with Crippen LogP contribution in [0.2, 0.25) is 0 Å². The van der Waals surface area contributed by atoms with Crippen molar-refractivity contribution in [3.8, 4) is 0 Å². The Morgan fingerprint density at radius 2 is 2.14 bits per heavy atom. The van der Waals surface area contributed by atoms with Crippen LogP contribution in [0.5, 0.6) is 0 Å². The highest BCUT2D eigenvalue weighted by Crippen LogP contribution is 2.15. The number of nitrogens with zero attached hydrogens (tertiary/aromatic N) is 2. The first-order chi connectivity index (χ1) is 10.5. The van der Waals surface area contributed by atoms with Gasteiger partial charge in [-0.2, -0.15) is 0 Å². The Hall–Kier alpha value is -1.59. The van der Waals surface area contributed by atoms with Gasteiger partial charge >= 0.3 is 0 Å². The highest BCUT2D eigenvalue weighted by atomic mass is 16.3.